The van der Waals surface area contributed by atoms with Crippen LogP contribution in [0, 0.1) is 11.3 Å². The molecule has 0 amide bonds. The van der Waals surface area contributed by atoms with Crippen molar-refractivity contribution in [2.24, 2.45) is 0 Å². The van der Waals surface area contributed by atoms with Crippen molar-refractivity contribution >= 4 is 11.7 Å². The van der Waals surface area contributed by atoms with Crippen LogP contribution in [0.1, 0.15) is 12.5 Å². The summed E-state index contributed by atoms with van der Waals surface area (Å²) in [5.41, 5.74) is 0.988. The van der Waals surface area contributed by atoms with Crippen molar-refractivity contribution in [3.8, 4) is 6.07 Å². The fraction of sp³-hybridized carbons (Fsp3) is 0.300. The van der Waals surface area contributed by atoms with Crippen LogP contribution in [0.2, 0.25) is 0 Å². The van der Waals surface area contributed by atoms with Crippen LogP contribution >= 0.6 is 0 Å². The third kappa shape index (κ3) is 3.27. The molecule has 5 heteroatoms. The number of nitrogens with zero attached hydrogens (tertiary/aromatic N) is 2. The Kier molecular flexibility index (Phi) is 4.10. The predicted octanol–water partition coefficient (Wildman–Crippen LogP) is 0.928. The Morgan fingerprint density at radius 1 is 1.73 bits per heavy atom. The van der Waals surface area contributed by atoms with Gasteiger partial charge in [0.25, 0.3) is 0 Å². The Balaban J connectivity index is 2.58. The number of hydrogen-bond acceptors (Lipinski definition) is 5. The lowest BCUT2D eigenvalue weighted by Crippen LogP contribution is -2.17. The van der Waals surface area contributed by atoms with Gasteiger partial charge in [-0.05, 0) is 13.0 Å². The molecule has 0 unspecified atom stereocenters. The average molecular weight is 205 g/mol. The molecule has 78 valence electrons. The molecule has 5 nitrogen and oxygen atoms in total. The zero-order valence-corrected chi connectivity index (χ0v) is 8.36. The minimum absolute atomic E-state index is 0.0359. The lowest BCUT2D eigenvalue weighted by Gasteiger charge is -2.06. The van der Waals surface area contributed by atoms with Crippen LogP contribution in [0.3, 0.4) is 0 Å². The first kappa shape index (κ1) is 11.0. The van der Waals surface area contributed by atoms with Crippen molar-refractivity contribution in [2.45, 2.75) is 6.92 Å². The SMILES string of the molecule is CCOC(=O)CNc1cnccc1C#N. The molecule has 0 atom stereocenters. The Bertz CT molecular complexity index is 384. The molecule has 1 rings (SSSR count). The predicted molar refractivity (Wildman–Crippen MR) is 54.1 cm³/mol. The van der Waals surface area contributed by atoms with Crippen LogP contribution < -0.4 is 5.32 Å². The van der Waals surface area contributed by atoms with E-state index < -0.39 is 0 Å². The second kappa shape index (κ2) is 5.60. The smallest absolute Gasteiger partial charge is 0.325 e. The van der Waals surface area contributed by atoms with Gasteiger partial charge in [0.2, 0.25) is 0 Å². The number of hydrogen-bond donors (Lipinski definition) is 1. The van der Waals surface area contributed by atoms with Gasteiger partial charge >= 0.3 is 5.97 Å². The minimum Gasteiger partial charge on any atom is -0.465 e. The van der Waals surface area contributed by atoms with Crippen molar-refractivity contribution in [3.05, 3.63) is 24.0 Å². The molecule has 0 aliphatic heterocycles. The number of rotatable bonds is 4. The summed E-state index contributed by atoms with van der Waals surface area (Å²) in [6.07, 6.45) is 3.02. The molecular formula is C10H11N3O2. The number of ether oxygens (including phenoxy) is 1. The zero-order valence-electron chi connectivity index (χ0n) is 8.36. The molecule has 0 aliphatic rings. The normalized spacial score (nSPS) is 9.07. The quantitative estimate of drug-likeness (QED) is 0.740. The van der Waals surface area contributed by atoms with Crippen LogP contribution in [0.4, 0.5) is 5.69 Å². The van der Waals surface area contributed by atoms with E-state index in [0.717, 1.165) is 0 Å². The molecule has 1 aromatic rings. The van der Waals surface area contributed by atoms with Gasteiger partial charge in [0.1, 0.15) is 12.6 Å². The number of nitrogens with one attached hydrogen (secondary N) is 1. The van der Waals surface area contributed by atoms with Gasteiger partial charge in [0, 0.05) is 6.20 Å². The number of aromatic nitrogens is 1. The lowest BCUT2D eigenvalue weighted by atomic mass is 10.2. The van der Waals surface area contributed by atoms with Crippen LogP contribution in [0.15, 0.2) is 18.5 Å². The highest BCUT2D eigenvalue weighted by molar-refractivity contribution is 5.75. The summed E-state index contributed by atoms with van der Waals surface area (Å²) >= 11 is 0. The van der Waals surface area contributed by atoms with Crippen LogP contribution in [0.25, 0.3) is 0 Å². The van der Waals surface area contributed by atoms with Crippen LogP contribution in [0.5, 0.6) is 0 Å². The minimum atomic E-state index is -0.356. The fourth-order valence-electron chi connectivity index (χ4n) is 1.01. The van der Waals surface area contributed by atoms with Gasteiger partial charge in [-0.2, -0.15) is 5.26 Å². The van der Waals surface area contributed by atoms with E-state index in [0.29, 0.717) is 17.9 Å². The highest BCUT2D eigenvalue weighted by Gasteiger charge is 2.04. The van der Waals surface area contributed by atoms with Gasteiger partial charge in [-0.1, -0.05) is 0 Å². The third-order valence-corrected chi connectivity index (χ3v) is 1.67. The first-order chi connectivity index (χ1) is 7.27. The number of pyridine rings is 1. The average Bonchev–Trinajstić information content (AvgIpc) is 2.27. The van der Waals surface area contributed by atoms with Crippen molar-refractivity contribution in [1.82, 2.24) is 4.98 Å². The standard InChI is InChI=1S/C10H11N3O2/c1-2-15-10(14)7-13-9-6-12-4-3-8(9)5-11/h3-4,6,13H,2,7H2,1H3. The number of anilines is 1. The summed E-state index contributed by atoms with van der Waals surface area (Å²) in [6.45, 7) is 2.12. The fourth-order valence-corrected chi connectivity index (χ4v) is 1.01. The van der Waals surface area contributed by atoms with Crippen molar-refractivity contribution in [3.63, 3.8) is 0 Å². The molecule has 0 radical (unpaired) electrons. The van der Waals surface area contributed by atoms with Crippen molar-refractivity contribution in [2.75, 3.05) is 18.5 Å². The largest absolute Gasteiger partial charge is 0.465 e. The van der Waals surface area contributed by atoms with Crippen molar-refractivity contribution in [1.29, 1.82) is 5.26 Å². The second-order valence-electron chi connectivity index (χ2n) is 2.69. The molecule has 1 N–H and O–H groups in total. The number of nitriles is 1. The summed E-state index contributed by atoms with van der Waals surface area (Å²) in [6, 6.07) is 3.57. The van der Waals surface area contributed by atoms with E-state index in [-0.39, 0.29) is 12.5 Å². The summed E-state index contributed by atoms with van der Waals surface area (Å²) in [7, 11) is 0. The van der Waals surface area contributed by atoms with Gasteiger partial charge in [0.05, 0.1) is 24.1 Å². The summed E-state index contributed by atoms with van der Waals surface area (Å²) < 4.78 is 4.73. The van der Waals surface area contributed by atoms with E-state index in [1.807, 2.05) is 6.07 Å². The Hall–Kier alpha value is -2.09. The van der Waals surface area contributed by atoms with Crippen LogP contribution in [-0.2, 0) is 9.53 Å². The zero-order chi connectivity index (χ0) is 11.1. The summed E-state index contributed by atoms with van der Waals surface area (Å²) in [5.74, 6) is -0.356. The maximum Gasteiger partial charge on any atom is 0.325 e. The number of carbonyl (C=O) groups is 1. The van der Waals surface area contributed by atoms with E-state index in [2.05, 4.69) is 10.3 Å². The van der Waals surface area contributed by atoms with E-state index in [1.54, 1.807) is 13.0 Å². The van der Waals surface area contributed by atoms with E-state index >= 15 is 0 Å². The first-order valence-electron chi connectivity index (χ1n) is 4.51. The third-order valence-electron chi connectivity index (χ3n) is 1.67. The monoisotopic (exact) mass is 205 g/mol. The Labute approximate surface area is 87.7 Å². The van der Waals surface area contributed by atoms with Crippen LogP contribution in [-0.4, -0.2) is 24.1 Å². The Morgan fingerprint density at radius 2 is 2.53 bits per heavy atom. The van der Waals surface area contributed by atoms with Gasteiger partial charge in [-0.15, -0.1) is 0 Å². The molecule has 0 bridgehead atoms. The van der Waals surface area contributed by atoms with E-state index in [9.17, 15) is 4.79 Å². The van der Waals surface area contributed by atoms with Gasteiger partial charge < -0.3 is 10.1 Å². The summed E-state index contributed by atoms with van der Waals surface area (Å²) in [5, 5.41) is 11.5. The maximum absolute atomic E-state index is 11.0. The number of esters is 1. The molecule has 0 fully saturated rings. The van der Waals surface area contributed by atoms with Gasteiger partial charge in [-0.25, -0.2) is 0 Å². The molecule has 0 saturated heterocycles. The molecule has 1 heterocycles. The highest BCUT2D eigenvalue weighted by atomic mass is 16.5. The van der Waals surface area contributed by atoms with Crippen molar-refractivity contribution < 1.29 is 9.53 Å². The second-order valence-corrected chi connectivity index (χ2v) is 2.69. The Morgan fingerprint density at radius 3 is 3.20 bits per heavy atom. The molecular weight excluding hydrogens is 194 g/mol. The topological polar surface area (TPSA) is 75.0 Å². The molecule has 1 aromatic heterocycles. The molecule has 0 aromatic carbocycles. The molecule has 0 spiro atoms. The molecule has 0 aliphatic carbocycles. The molecule has 15 heavy (non-hydrogen) atoms. The van der Waals surface area contributed by atoms with Gasteiger partial charge in [0.15, 0.2) is 0 Å². The maximum atomic E-state index is 11.0. The first-order valence-corrected chi connectivity index (χ1v) is 4.51. The highest BCUT2D eigenvalue weighted by Crippen LogP contribution is 2.10. The number of carbonyl (C=O) groups excluding carboxylic acids is 1. The van der Waals surface area contributed by atoms with Gasteiger partial charge in [-0.3, -0.25) is 9.78 Å². The summed E-state index contributed by atoms with van der Waals surface area (Å²) in [4.78, 5) is 14.9. The molecule has 0 saturated carbocycles. The van der Waals surface area contributed by atoms with E-state index in [4.69, 9.17) is 10.00 Å². The lowest BCUT2D eigenvalue weighted by molar-refractivity contribution is -0.140. The van der Waals surface area contributed by atoms with E-state index in [1.165, 1.54) is 12.4 Å².